The molecular formula is C19H19N3O7S. The van der Waals surface area contributed by atoms with E-state index in [9.17, 15) is 22.8 Å². The number of esters is 1. The molecule has 158 valence electrons. The number of pyridine rings is 1. The van der Waals surface area contributed by atoms with Gasteiger partial charge in [0.2, 0.25) is 21.8 Å². The molecule has 11 heteroatoms. The van der Waals surface area contributed by atoms with Gasteiger partial charge in [0.1, 0.15) is 5.75 Å². The van der Waals surface area contributed by atoms with Gasteiger partial charge in [-0.2, -0.15) is 0 Å². The molecule has 0 saturated carbocycles. The molecule has 1 saturated heterocycles. The molecule has 2 amide bonds. The summed E-state index contributed by atoms with van der Waals surface area (Å²) in [4.78, 5) is 40.4. The molecule has 0 bridgehead atoms. The van der Waals surface area contributed by atoms with E-state index in [0.29, 0.717) is 17.0 Å². The Balaban J connectivity index is 1.61. The molecule has 1 N–H and O–H groups in total. The normalized spacial score (nSPS) is 16.5. The van der Waals surface area contributed by atoms with Crippen molar-refractivity contribution in [1.82, 2.24) is 9.88 Å². The largest absolute Gasteiger partial charge is 0.452 e. The molecule has 10 nitrogen and oxygen atoms in total. The number of hydrogen-bond acceptors (Lipinski definition) is 8. The van der Waals surface area contributed by atoms with Gasteiger partial charge in [-0.05, 0) is 29.8 Å². The van der Waals surface area contributed by atoms with E-state index in [-0.39, 0.29) is 18.8 Å². The van der Waals surface area contributed by atoms with Gasteiger partial charge in [0.25, 0.3) is 5.91 Å². The van der Waals surface area contributed by atoms with Crippen LogP contribution in [0.3, 0.4) is 0 Å². The first-order valence-electron chi connectivity index (χ1n) is 8.83. The van der Waals surface area contributed by atoms with Crippen molar-refractivity contribution < 1.29 is 32.3 Å². The first kappa shape index (κ1) is 21.2. The van der Waals surface area contributed by atoms with Gasteiger partial charge in [0, 0.05) is 24.9 Å². The number of ether oxygens (including phenoxy) is 2. The number of carbonyl (C=O) groups is 3. The minimum Gasteiger partial charge on any atom is -0.452 e. The molecule has 1 atom stereocenters. The summed E-state index contributed by atoms with van der Waals surface area (Å²) in [7, 11) is -3.36. The van der Waals surface area contributed by atoms with E-state index in [0.717, 1.165) is 11.2 Å². The Labute approximate surface area is 172 Å². The van der Waals surface area contributed by atoms with Gasteiger partial charge in [0.05, 0.1) is 19.2 Å². The number of imide groups is 1. The fourth-order valence-corrected chi connectivity index (χ4v) is 3.35. The number of aromatic nitrogens is 1. The molecule has 0 unspecified atom stereocenters. The third kappa shape index (κ3) is 5.54. The summed E-state index contributed by atoms with van der Waals surface area (Å²) >= 11 is 0. The number of nitrogens with one attached hydrogen (secondary N) is 1. The topological polar surface area (TPSA) is 132 Å². The Morgan fingerprint density at radius 1 is 1.20 bits per heavy atom. The summed E-state index contributed by atoms with van der Waals surface area (Å²) < 4.78 is 35.2. The second-order valence-corrected chi connectivity index (χ2v) is 8.37. The summed E-state index contributed by atoms with van der Waals surface area (Å²) in [6, 6.07) is 9.50. The average molecular weight is 433 g/mol. The van der Waals surface area contributed by atoms with Gasteiger partial charge in [0.15, 0.2) is 6.10 Å². The Kier molecular flexibility index (Phi) is 6.01. The number of hydrogen-bond donors (Lipinski definition) is 1. The van der Waals surface area contributed by atoms with Crippen molar-refractivity contribution in [3.63, 3.8) is 0 Å². The SMILES string of the molecule is CC(=O)O[C@H]1CC(=O)N(Cc2ccc(Oc3ccc(NS(C)(=O)=O)cc3)nc2)C1=O. The zero-order valence-corrected chi connectivity index (χ0v) is 17.0. The molecular weight excluding hydrogens is 414 g/mol. The molecule has 30 heavy (non-hydrogen) atoms. The maximum absolute atomic E-state index is 12.2. The first-order chi connectivity index (χ1) is 14.1. The zero-order valence-electron chi connectivity index (χ0n) is 16.2. The van der Waals surface area contributed by atoms with Gasteiger partial charge in [-0.1, -0.05) is 6.07 Å². The molecule has 0 aliphatic carbocycles. The van der Waals surface area contributed by atoms with Crippen LogP contribution in [0.5, 0.6) is 11.6 Å². The van der Waals surface area contributed by atoms with Gasteiger partial charge < -0.3 is 9.47 Å². The standard InChI is InChI=1S/C19H19N3O7S/c1-12(23)28-16-9-18(24)22(19(16)25)11-13-3-8-17(20-10-13)29-15-6-4-14(5-7-15)21-30(2,26)27/h3-8,10,16,21H,9,11H2,1-2H3/t16-/m0/s1. The van der Waals surface area contributed by atoms with Crippen molar-refractivity contribution in [2.24, 2.45) is 0 Å². The molecule has 2 aromatic rings. The molecule has 2 heterocycles. The minimum atomic E-state index is -3.36. The van der Waals surface area contributed by atoms with E-state index in [4.69, 9.17) is 9.47 Å². The van der Waals surface area contributed by atoms with Crippen LogP contribution < -0.4 is 9.46 Å². The van der Waals surface area contributed by atoms with Gasteiger partial charge in [-0.25, -0.2) is 13.4 Å². The Morgan fingerprint density at radius 2 is 1.90 bits per heavy atom. The number of anilines is 1. The van der Waals surface area contributed by atoms with Crippen LogP contribution in [-0.2, 0) is 35.7 Å². The number of rotatable bonds is 7. The van der Waals surface area contributed by atoms with Crippen LogP contribution in [0, 0.1) is 0 Å². The fraction of sp³-hybridized carbons (Fsp3) is 0.263. The number of carbonyl (C=O) groups excluding carboxylic acids is 3. The summed E-state index contributed by atoms with van der Waals surface area (Å²) in [5.74, 6) is -0.873. The van der Waals surface area contributed by atoms with Crippen LogP contribution in [0.25, 0.3) is 0 Å². The van der Waals surface area contributed by atoms with Crippen LogP contribution in [-0.4, -0.2) is 48.4 Å². The lowest BCUT2D eigenvalue weighted by Crippen LogP contribution is -2.33. The van der Waals surface area contributed by atoms with Crippen molar-refractivity contribution in [1.29, 1.82) is 0 Å². The van der Waals surface area contributed by atoms with Crippen molar-refractivity contribution in [2.75, 3.05) is 11.0 Å². The number of sulfonamides is 1. The lowest BCUT2D eigenvalue weighted by Gasteiger charge is -2.15. The minimum absolute atomic E-state index is 0.00850. The highest BCUT2D eigenvalue weighted by Crippen LogP contribution is 2.23. The highest BCUT2D eigenvalue weighted by molar-refractivity contribution is 7.92. The third-order valence-corrected chi connectivity index (χ3v) is 4.64. The van der Waals surface area contributed by atoms with Gasteiger partial charge in [-0.15, -0.1) is 0 Å². The molecule has 1 aliphatic rings. The van der Waals surface area contributed by atoms with Crippen molar-refractivity contribution in [3.05, 3.63) is 48.2 Å². The first-order valence-corrected chi connectivity index (χ1v) is 10.7. The fourth-order valence-electron chi connectivity index (χ4n) is 2.78. The van der Waals surface area contributed by atoms with Crippen molar-refractivity contribution >= 4 is 33.5 Å². The predicted octanol–water partition coefficient (Wildman–Crippen LogP) is 1.44. The Hall–Kier alpha value is -3.47. The summed E-state index contributed by atoms with van der Waals surface area (Å²) in [6.45, 7) is 1.19. The van der Waals surface area contributed by atoms with Crippen molar-refractivity contribution in [2.45, 2.75) is 26.0 Å². The lowest BCUT2D eigenvalue weighted by atomic mass is 10.2. The molecule has 1 fully saturated rings. The summed E-state index contributed by atoms with van der Waals surface area (Å²) in [5, 5.41) is 0. The third-order valence-electron chi connectivity index (χ3n) is 4.03. The van der Waals surface area contributed by atoms with E-state index in [1.807, 2.05) is 0 Å². The maximum atomic E-state index is 12.2. The molecule has 0 spiro atoms. The molecule has 1 aromatic heterocycles. The van der Waals surface area contributed by atoms with Crippen LogP contribution in [0.15, 0.2) is 42.6 Å². The van der Waals surface area contributed by atoms with Crippen LogP contribution in [0.4, 0.5) is 5.69 Å². The van der Waals surface area contributed by atoms with Crippen LogP contribution in [0.2, 0.25) is 0 Å². The molecule has 1 aromatic carbocycles. The average Bonchev–Trinajstić information content (AvgIpc) is 2.90. The van der Waals surface area contributed by atoms with Gasteiger partial charge in [-0.3, -0.25) is 24.0 Å². The van der Waals surface area contributed by atoms with E-state index < -0.39 is 33.9 Å². The second kappa shape index (κ2) is 8.49. The summed E-state index contributed by atoms with van der Waals surface area (Å²) in [5.41, 5.74) is 1.00. The monoisotopic (exact) mass is 433 g/mol. The smallest absolute Gasteiger partial charge is 0.303 e. The van der Waals surface area contributed by atoms with E-state index in [1.165, 1.54) is 13.1 Å². The number of nitrogens with zero attached hydrogens (tertiary/aromatic N) is 2. The van der Waals surface area contributed by atoms with Crippen LogP contribution >= 0.6 is 0 Å². The predicted molar refractivity (Wildman–Crippen MR) is 105 cm³/mol. The molecule has 1 aliphatic heterocycles. The molecule has 0 radical (unpaired) electrons. The Morgan fingerprint density at radius 3 is 2.47 bits per heavy atom. The highest BCUT2D eigenvalue weighted by atomic mass is 32.2. The maximum Gasteiger partial charge on any atom is 0.303 e. The van der Waals surface area contributed by atoms with Crippen molar-refractivity contribution in [3.8, 4) is 11.6 Å². The van der Waals surface area contributed by atoms with Gasteiger partial charge >= 0.3 is 5.97 Å². The zero-order chi connectivity index (χ0) is 21.9. The van der Waals surface area contributed by atoms with E-state index in [1.54, 1.807) is 36.4 Å². The molecule has 3 rings (SSSR count). The summed E-state index contributed by atoms with van der Waals surface area (Å²) in [6.07, 6.45) is 1.28. The number of amides is 2. The number of likely N-dealkylation sites (tertiary alicyclic amines) is 1. The van der Waals surface area contributed by atoms with Crippen LogP contribution in [0.1, 0.15) is 18.9 Å². The quantitative estimate of drug-likeness (QED) is 0.512. The Bertz CT molecular complexity index is 1070. The van der Waals surface area contributed by atoms with E-state index >= 15 is 0 Å². The van der Waals surface area contributed by atoms with E-state index in [2.05, 4.69) is 9.71 Å². The number of benzene rings is 1. The second-order valence-electron chi connectivity index (χ2n) is 6.63. The highest BCUT2D eigenvalue weighted by Gasteiger charge is 2.40. The lowest BCUT2D eigenvalue weighted by molar-refractivity contribution is -0.154.